The van der Waals surface area contributed by atoms with Crippen molar-refractivity contribution >= 4 is 9.84 Å². The predicted octanol–water partition coefficient (Wildman–Crippen LogP) is 1.44. The van der Waals surface area contributed by atoms with Crippen molar-refractivity contribution < 1.29 is 12.8 Å². The van der Waals surface area contributed by atoms with Gasteiger partial charge in [0.1, 0.15) is 5.76 Å². The normalized spacial score (nSPS) is 12.2. The van der Waals surface area contributed by atoms with Crippen LogP contribution in [-0.2, 0) is 16.4 Å². The molecule has 16 heavy (non-hydrogen) atoms. The fraction of sp³-hybridized carbons (Fsp3) is 0.636. The molecule has 1 aromatic heterocycles. The predicted molar refractivity (Wildman–Crippen MR) is 63.9 cm³/mol. The Morgan fingerprint density at radius 1 is 1.44 bits per heavy atom. The molecule has 1 N–H and O–H groups in total. The van der Waals surface area contributed by atoms with Crippen molar-refractivity contribution in [2.75, 3.05) is 18.1 Å². The van der Waals surface area contributed by atoms with Crippen LogP contribution >= 0.6 is 0 Å². The fourth-order valence-electron chi connectivity index (χ4n) is 1.44. The molecule has 5 heteroatoms. The third-order valence-electron chi connectivity index (χ3n) is 2.06. The number of hydrogen-bond acceptors (Lipinski definition) is 4. The van der Waals surface area contributed by atoms with E-state index in [1.54, 1.807) is 6.26 Å². The van der Waals surface area contributed by atoms with Crippen molar-refractivity contribution in [1.82, 2.24) is 5.32 Å². The second kappa shape index (κ2) is 6.06. The van der Waals surface area contributed by atoms with E-state index in [0.717, 1.165) is 5.76 Å². The highest BCUT2D eigenvalue weighted by molar-refractivity contribution is 7.91. The minimum atomic E-state index is -2.92. The van der Waals surface area contributed by atoms with Gasteiger partial charge >= 0.3 is 0 Å². The van der Waals surface area contributed by atoms with Crippen molar-refractivity contribution in [1.29, 1.82) is 0 Å². The van der Waals surface area contributed by atoms with E-state index in [9.17, 15) is 8.42 Å². The number of furan rings is 1. The quantitative estimate of drug-likeness (QED) is 0.738. The summed E-state index contributed by atoms with van der Waals surface area (Å²) in [7, 11) is -2.92. The molecule has 0 saturated carbocycles. The molecule has 0 aromatic carbocycles. The molecule has 0 aliphatic rings. The first-order valence-electron chi connectivity index (χ1n) is 5.43. The zero-order valence-corrected chi connectivity index (χ0v) is 10.6. The van der Waals surface area contributed by atoms with E-state index in [1.165, 1.54) is 0 Å². The van der Waals surface area contributed by atoms with Crippen molar-refractivity contribution in [2.45, 2.75) is 20.4 Å². The van der Waals surface area contributed by atoms with Gasteiger partial charge in [-0.3, -0.25) is 0 Å². The van der Waals surface area contributed by atoms with E-state index in [1.807, 2.05) is 26.0 Å². The van der Waals surface area contributed by atoms with Crippen LogP contribution in [0.3, 0.4) is 0 Å². The standard InChI is InChI=1S/C11H19NO3S/c1-10(2)9-16(13,14)7-5-12-8-11-4-3-6-15-11/h3-4,6,10,12H,5,7-9H2,1-2H3. The number of rotatable bonds is 7. The molecule has 1 rings (SSSR count). The highest BCUT2D eigenvalue weighted by Crippen LogP contribution is 2.01. The lowest BCUT2D eigenvalue weighted by molar-refractivity contribution is 0.486. The highest BCUT2D eigenvalue weighted by atomic mass is 32.2. The lowest BCUT2D eigenvalue weighted by Gasteiger charge is -2.07. The van der Waals surface area contributed by atoms with Gasteiger partial charge in [-0.15, -0.1) is 0 Å². The van der Waals surface area contributed by atoms with Crippen molar-refractivity contribution in [3.63, 3.8) is 0 Å². The van der Waals surface area contributed by atoms with Gasteiger partial charge in [0.25, 0.3) is 0 Å². The lowest BCUT2D eigenvalue weighted by atomic mass is 10.3. The molecule has 0 atom stereocenters. The molecule has 0 amide bonds. The maximum Gasteiger partial charge on any atom is 0.151 e. The van der Waals surface area contributed by atoms with Crippen LogP contribution in [0.25, 0.3) is 0 Å². The summed E-state index contributed by atoms with van der Waals surface area (Å²) < 4.78 is 28.2. The molecule has 0 aliphatic heterocycles. The molecule has 0 unspecified atom stereocenters. The maximum atomic E-state index is 11.5. The summed E-state index contributed by atoms with van der Waals surface area (Å²) in [4.78, 5) is 0. The van der Waals surface area contributed by atoms with Gasteiger partial charge in [-0.25, -0.2) is 8.42 Å². The first kappa shape index (κ1) is 13.3. The molecule has 0 fully saturated rings. The van der Waals surface area contributed by atoms with Crippen LogP contribution in [-0.4, -0.2) is 26.5 Å². The largest absolute Gasteiger partial charge is 0.468 e. The topological polar surface area (TPSA) is 59.3 Å². The molecule has 0 bridgehead atoms. The van der Waals surface area contributed by atoms with Gasteiger partial charge in [0.15, 0.2) is 9.84 Å². The van der Waals surface area contributed by atoms with Gasteiger partial charge in [0, 0.05) is 6.54 Å². The summed E-state index contributed by atoms with van der Waals surface area (Å²) >= 11 is 0. The van der Waals surface area contributed by atoms with Gasteiger partial charge in [0.05, 0.1) is 24.3 Å². The van der Waals surface area contributed by atoms with Gasteiger partial charge < -0.3 is 9.73 Å². The Kier molecular flexibility index (Phi) is 5.02. The van der Waals surface area contributed by atoms with Gasteiger partial charge in [-0.05, 0) is 18.1 Å². The Labute approximate surface area is 97.0 Å². The van der Waals surface area contributed by atoms with Crippen LogP contribution in [0, 0.1) is 5.92 Å². The fourth-order valence-corrected chi connectivity index (χ4v) is 3.08. The van der Waals surface area contributed by atoms with E-state index >= 15 is 0 Å². The molecule has 1 heterocycles. The summed E-state index contributed by atoms with van der Waals surface area (Å²) in [6.45, 7) is 4.86. The second-order valence-electron chi connectivity index (χ2n) is 4.26. The van der Waals surface area contributed by atoms with E-state index in [4.69, 9.17) is 4.42 Å². The Hall–Kier alpha value is -0.810. The smallest absolute Gasteiger partial charge is 0.151 e. The lowest BCUT2D eigenvalue weighted by Crippen LogP contribution is -2.25. The highest BCUT2D eigenvalue weighted by Gasteiger charge is 2.12. The van der Waals surface area contributed by atoms with Crippen LogP contribution in [0.4, 0.5) is 0 Å². The van der Waals surface area contributed by atoms with Gasteiger partial charge in [-0.2, -0.15) is 0 Å². The molecule has 0 radical (unpaired) electrons. The van der Waals surface area contributed by atoms with Gasteiger partial charge in [0.2, 0.25) is 0 Å². The van der Waals surface area contributed by atoms with Crippen molar-refractivity contribution in [3.8, 4) is 0 Å². The average Bonchev–Trinajstić information content (AvgIpc) is 2.62. The zero-order chi connectivity index (χ0) is 12.0. The number of nitrogens with one attached hydrogen (secondary N) is 1. The van der Waals surface area contributed by atoms with E-state index in [0.29, 0.717) is 13.1 Å². The molecule has 0 spiro atoms. The van der Waals surface area contributed by atoms with Crippen LogP contribution in [0.5, 0.6) is 0 Å². The van der Waals surface area contributed by atoms with Gasteiger partial charge in [-0.1, -0.05) is 13.8 Å². The molecule has 1 aromatic rings. The van der Waals surface area contributed by atoms with Crippen LogP contribution < -0.4 is 5.32 Å². The first-order valence-corrected chi connectivity index (χ1v) is 7.25. The molecular formula is C11H19NO3S. The van der Waals surface area contributed by atoms with Crippen LogP contribution in [0.1, 0.15) is 19.6 Å². The number of hydrogen-bond donors (Lipinski definition) is 1. The molecule has 4 nitrogen and oxygen atoms in total. The molecule has 92 valence electrons. The van der Waals surface area contributed by atoms with Crippen molar-refractivity contribution in [2.24, 2.45) is 5.92 Å². The maximum absolute atomic E-state index is 11.5. The Bertz CT molecular complexity index is 381. The minimum absolute atomic E-state index is 0.186. The minimum Gasteiger partial charge on any atom is -0.468 e. The molecule has 0 saturated heterocycles. The van der Waals surface area contributed by atoms with Crippen LogP contribution in [0.15, 0.2) is 22.8 Å². The van der Waals surface area contributed by atoms with E-state index < -0.39 is 9.84 Å². The average molecular weight is 245 g/mol. The van der Waals surface area contributed by atoms with E-state index in [-0.39, 0.29) is 17.4 Å². The van der Waals surface area contributed by atoms with E-state index in [2.05, 4.69) is 5.32 Å². The SMILES string of the molecule is CC(C)CS(=O)(=O)CCNCc1ccco1. The third kappa shape index (κ3) is 5.32. The summed E-state index contributed by atoms with van der Waals surface area (Å²) in [6.07, 6.45) is 1.60. The summed E-state index contributed by atoms with van der Waals surface area (Å²) in [5.41, 5.74) is 0. The third-order valence-corrected chi connectivity index (χ3v) is 4.06. The molecular weight excluding hydrogens is 226 g/mol. The summed E-state index contributed by atoms with van der Waals surface area (Å²) in [5.74, 6) is 1.46. The Morgan fingerprint density at radius 3 is 2.75 bits per heavy atom. The zero-order valence-electron chi connectivity index (χ0n) is 9.77. The Balaban J connectivity index is 2.20. The Morgan fingerprint density at radius 2 is 2.19 bits per heavy atom. The van der Waals surface area contributed by atoms with Crippen molar-refractivity contribution in [3.05, 3.63) is 24.2 Å². The van der Waals surface area contributed by atoms with Crippen LogP contribution in [0.2, 0.25) is 0 Å². The monoisotopic (exact) mass is 245 g/mol. The second-order valence-corrected chi connectivity index (χ2v) is 6.49. The molecule has 0 aliphatic carbocycles. The number of sulfone groups is 1. The summed E-state index contributed by atoms with van der Waals surface area (Å²) in [6, 6.07) is 3.67. The summed E-state index contributed by atoms with van der Waals surface area (Å²) in [5, 5.41) is 3.04. The first-order chi connectivity index (χ1) is 7.49.